The Labute approximate surface area is 105 Å². The first kappa shape index (κ1) is 17.7. The van der Waals surface area contributed by atoms with Crippen molar-refractivity contribution >= 4 is 24.8 Å². The Balaban J connectivity index is 0. The zero-order chi connectivity index (χ0) is 10.4. The lowest BCUT2D eigenvalue weighted by molar-refractivity contribution is 0.162. The van der Waals surface area contributed by atoms with Crippen LogP contribution in [0, 0.1) is 0 Å². The van der Waals surface area contributed by atoms with E-state index >= 15 is 0 Å². The van der Waals surface area contributed by atoms with E-state index in [0.717, 1.165) is 5.56 Å². The molecule has 0 amide bonds. The van der Waals surface area contributed by atoms with Gasteiger partial charge in [-0.05, 0) is 11.6 Å². The molecule has 0 fully saturated rings. The molecule has 1 heterocycles. The Kier molecular flexibility index (Phi) is 10.6. The van der Waals surface area contributed by atoms with Crippen LogP contribution in [0.15, 0.2) is 18.3 Å². The van der Waals surface area contributed by atoms with Gasteiger partial charge in [-0.2, -0.15) is 0 Å². The number of nitrogens with zero attached hydrogens (tertiary/aromatic N) is 1. The molecule has 0 saturated carbocycles. The Morgan fingerprint density at radius 3 is 2.69 bits per heavy atom. The predicted molar refractivity (Wildman–Crippen MR) is 63.0 cm³/mol. The van der Waals surface area contributed by atoms with Crippen LogP contribution in [0.1, 0.15) is 5.56 Å². The Morgan fingerprint density at radius 1 is 1.44 bits per heavy atom. The first-order chi connectivity index (χ1) is 6.76. The summed E-state index contributed by atoms with van der Waals surface area (Å²) in [5.41, 5.74) is 6.22. The molecule has 2 N–H and O–H groups in total. The maximum Gasteiger partial charge on any atom is 0.213 e. The fourth-order valence-electron chi connectivity index (χ4n) is 0.877. The molecule has 3 nitrogen and oxygen atoms in total. The third-order valence-corrected chi connectivity index (χ3v) is 1.61. The summed E-state index contributed by atoms with van der Waals surface area (Å²) in [4.78, 5) is 3.83. The van der Waals surface area contributed by atoms with Gasteiger partial charge < -0.3 is 10.5 Å². The molecule has 1 atom stereocenters. The van der Waals surface area contributed by atoms with Gasteiger partial charge in [-0.15, -0.1) is 24.8 Å². The van der Waals surface area contributed by atoms with Crippen LogP contribution in [-0.2, 0) is 6.54 Å². The summed E-state index contributed by atoms with van der Waals surface area (Å²) < 4.78 is 29.1. The molecule has 0 bridgehead atoms. The van der Waals surface area contributed by atoms with Crippen molar-refractivity contribution in [1.82, 2.24) is 4.98 Å². The summed E-state index contributed by atoms with van der Waals surface area (Å²) in [7, 11) is 0. The van der Waals surface area contributed by atoms with E-state index < -0.39 is 12.8 Å². The lowest BCUT2D eigenvalue weighted by Crippen LogP contribution is -2.15. The molecule has 0 saturated heterocycles. The van der Waals surface area contributed by atoms with Crippen LogP contribution in [0.3, 0.4) is 0 Å². The van der Waals surface area contributed by atoms with Gasteiger partial charge in [0.1, 0.15) is 13.3 Å². The molecule has 0 spiro atoms. The number of aromatic nitrogens is 1. The molecule has 1 unspecified atom stereocenters. The summed E-state index contributed by atoms with van der Waals surface area (Å²) in [6, 6.07) is 3.33. The second kappa shape index (κ2) is 9.57. The number of alkyl halides is 2. The summed E-state index contributed by atoms with van der Waals surface area (Å²) >= 11 is 0. The molecule has 94 valence electrons. The van der Waals surface area contributed by atoms with E-state index in [1.165, 1.54) is 6.20 Å². The van der Waals surface area contributed by atoms with Gasteiger partial charge in [0.15, 0.2) is 6.17 Å². The van der Waals surface area contributed by atoms with E-state index in [1.54, 1.807) is 12.1 Å². The molecule has 1 rings (SSSR count). The van der Waals surface area contributed by atoms with Gasteiger partial charge in [-0.1, -0.05) is 0 Å². The zero-order valence-electron chi connectivity index (χ0n) is 8.44. The largest absolute Gasteiger partial charge is 0.474 e. The molecule has 0 aliphatic rings. The third kappa shape index (κ3) is 6.05. The first-order valence-corrected chi connectivity index (χ1v) is 4.24. The van der Waals surface area contributed by atoms with Crippen LogP contribution >= 0.6 is 24.8 Å². The minimum absolute atomic E-state index is 0. The van der Waals surface area contributed by atoms with Crippen molar-refractivity contribution in [2.45, 2.75) is 12.7 Å². The van der Waals surface area contributed by atoms with Gasteiger partial charge in [0.05, 0.1) is 0 Å². The highest BCUT2D eigenvalue weighted by Gasteiger charge is 2.06. The van der Waals surface area contributed by atoms with Crippen LogP contribution in [0.25, 0.3) is 0 Å². The van der Waals surface area contributed by atoms with Crippen molar-refractivity contribution in [3.63, 3.8) is 0 Å². The van der Waals surface area contributed by atoms with E-state index in [9.17, 15) is 8.78 Å². The molecule has 16 heavy (non-hydrogen) atoms. The molecule has 0 aromatic carbocycles. The first-order valence-electron chi connectivity index (χ1n) is 4.24. The van der Waals surface area contributed by atoms with Crippen LogP contribution in [0.2, 0.25) is 0 Å². The molecule has 1 aromatic rings. The third-order valence-electron chi connectivity index (χ3n) is 1.61. The average molecular weight is 275 g/mol. The quantitative estimate of drug-likeness (QED) is 0.894. The van der Waals surface area contributed by atoms with Crippen LogP contribution < -0.4 is 10.5 Å². The van der Waals surface area contributed by atoms with E-state index in [-0.39, 0.29) is 37.3 Å². The normalized spacial score (nSPS) is 10.9. The summed E-state index contributed by atoms with van der Waals surface area (Å²) in [5, 5.41) is 0. The highest BCUT2D eigenvalue weighted by molar-refractivity contribution is 5.85. The molecule has 0 aliphatic heterocycles. The predicted octanol–water partition coefficient (Wildman–Crippen LogP) is 2.07. The van der Waals surface area contributed by atoms with Crippen molar-refractivity contribution in [3.05, 3.63) is 23.9 Å². The van der Waals surface area contributed by atoms with Crippen molar-refractivity contribution in [2.24, 2.45) is 5.73 Å². The van der Waals surface area contributed by atoms with Crippen molar-refractivity contribution in [3.8, 4) is 5.88 Å². The van der Waals surface area contributed by atoms with Crippen molar-refractivity contribution in [2.75, 3.05) is 13.3 Å². The highest BCUT2D eigenvalue weighted by Crippen LogP contribution is 2.09. The van der Waals surface area contributed by atoms with Crippen LogP contribution in [-0.4, -0.2) is 24.4 Å². The van der Waals surface area contributed by atoms with E-state index in [0.29, 0.717) is 6.54 Å². The van der Waals surface area contributed by atoms with E-state index in [2.05, 4.69) is 4.98 Å². The topological polar surface area (TPSA) is 48.1 Å². The number of halogens is 4. The molecular formula is C9H14Cl2F2N2O. The molecule has 7 heteroatoms. The van der Waals surface area contributed by atoms with Gasteiger partial charge in [0, 0.05) is 18.8 Å². The SMILES string of the molecule is Cl.Cl.NCc1ccnc(OCC(F)CF)c1. The number of pyridine rings is 1. The minimum Gasteiger partial charge on any atom is -0.474 e. The Bertz CT molecular complexity index is 292. The van der Waals surface area contributed by atoms with Crippen LogP contribution in [0.4, 0.5) is 8.78 Å². The lowest BCUT2D eigenvalue weighted by atomic mass is 10.3. The van der Waals surface area contributed by atoms with Crippen molar-refractivity contribution in [1.29, 1.82) is 0 Å². The molecule has 1 aromatic heterocycles. The van der Waals surface area contributed by atoms with Gasteiger partial charge in [0.25, 0.3) is 0 Å². The van der Waals surface area contributed by atoms with Crippen molar-refractivity contribution < 1.29 is 13.5 Å². The van der Waals surface area contributed by atoms with E-state index in [1.807, 2.05) is 0 Å². The fraction of sp³-hybridized carbons (Fsp3) is 0.444. The second-order valence-corrected chi connectivity index (χ2v) is 2.77. The van der Waals surface area contributed by atoms with Gasteiger partial charge in [0.2, 0.25) is 5.88 Å². The maximum absolute atomic E-state index is 12.4. The summed E-state index contributed by atoms with van der Waals surface area (Å²) in [6.45, 7) is -1.00. The Morgan fingerprint density at radius 2 is 2.12 bits per heavy atom. The summed E-state index contributed by atoms with van der Waals surface area (Å²) in [6.07, 6.45) is -0.0847. The monoisotopic (exact) mass is 274 g/mol. The highest BCUT2D eigenvalue weighted by atomic mass is 35.5. The maximum atomic E-state index is 12.4. The Hall–Kier alpha value is -0.650. The number of nitrogens with two attached hydrogens (primary N) is 1. The summed E-state index contributed by atoms with van der Waals surface area (Å²) in [5.74, 6) is 0.268. The smallest absolute Gasteiger partial charge is 0.213 e. The number of hydrogen-bond acceptors (Lipinski definition) is 3. The van der Waals surface area contributed by atoms with Gasteiger partial charge in [-0.25, -0.2) is 13.8 Å². The number of hydrogen-bond donors (Lipinski definition) is 1. The zero-order valence-corrected chi connectivity index (χ0v) is 10.1. The number of ether oxygens (including phenoxy) is 1. The molecule has 0 aliphatic carbocycles. The van der Waals surface area contributed by atoms with Gasteiger partial charge >= 0.3 is 0 Å². The lowest BCUT2D eigenvalue weighted by Gasteiger charge is -2.07. The number of rotatable bonds is 5. The second-order valence-electron chi connectivity index (χ2n) is 2.77. The van der Waals surface area contributed by atoms with Crippen LogP contribution in [0.5, 0.6) is 5.88 Å². The minimum atomic E-state index is -1.60. The van der Waals surface area contributed by atoms with Gasteiger partial charge in [-0.3, -0.25) is 0 Å². The fourth-order valence-corrected chi connectivity index (χ4v) is 0.877. The van der Waals surface area contributed by atoms with E-state index in [4.69, 9.17) is 10.5 Å². The standard InChI is InChI=1S/C9H12F2N2O.2ClH/c10-4-8(11)6-14-9-3-7(5-12)1-2-13-9;;/h1-3,8H,4-6,12H2;2*1H. The molecule has 0 radical (unpaired) electrons. The average Bonchev–Trinajstić information content (AvgIpc) is 2.26. The molecular weight excluding hydrogens is 261 g/mol.